The maximum atomic E-state index is 12.5. The Morgan fingerprint density at radius 2 is 1.90 bits per heavy atom. The summed E-state index contributed by atoms with van der Waals surface area (Å²) in [4.78, 5) is 39.4. The van der Waals surface area contributed by atoms with Crippen molar-refractivity contribution in [3.05, 3.63) is 75.7 Å². The summed E-state index contributed by atoms with van der Waals surface area (Å²) < 4.78 is 3.30. The molecule has 1 fully saturated rings. The van der Waals surface area contributed by atoms with E-state index in [1.54, 1.807) is 47.2 Å². The topological polar surface area (TPSA) is 85.9 Å². The van der Waals surface area contributed by atoms with Crippen LogP contribution in [0.2, 0.25) is 0 Å². The van der Waals surface area contributed by atoms with Gasteiger partial charge in [0.1, 0.15) is 5.82 Å². The standard InChI is InChI=1S/C21H24N6O2/c1-25-19(23-8-4-20(25)28)14-26-9-5-16(6-10-26)13-27-15-24-18(11-21(27)29)17-3-2-7-22-12-17/h2-4,7-8,11-12,15-16H,5-6,9-10,13-14H2,1H3. The summed E-state index contributed by atoms with van der Waals surface area (Å²) in [5, 5.41) is 0. The highest BCUT2D eigenvalue weighted by atomic mass is 16.1. The quantitative estimate of drug-likeness (QED) is 0.651. The molecule has 3 aromatic rings. The molecule has 1 aliphatic heterocycles. The minimum Gasteiger partial charge on any atom is -0.299 e. The third kappa shape index (κ3) is 4.48. The molecule has 3 aromatic heterocycles. The maximum absolute atomic E-state index is 12.5. The van der Waals surface area contributed by atoms with Gasteiger partial charge in [-0.2, -0.15) is 0 Å². The van der Waals surface area contributed by atoms with Crippen LogP contribution in [0.15, 0.2) is 58.8 Å². The van der Waals surface area contributed by atoms with Gasteiger partial charge in [0.05, 0.1) is 18.6 Å². The first kappa shape index (κ1) is 19.2. The van der Waals surface area contributed by atoms with Crippen molar-refractivity contribution in [3.63, 3.8) is 0 Å². The van der Waals surface area contributed by atoms with E-state index in [1.165, 1.54) is 6.07 Å². The number of hydrogen-bond donors (Lipinski definition) is 0. The van der Waals surface area contributed by atoms with Crippen LogP contribution in [0, 0.1) is 5.92 Å². The first-order valence-electron chi connectivity index (χ1n) is 9.80. The lowest BCUT2D eigenvalue weighted by Crippen LogP contribution is -2.37. The second-order valence-electron chi connectivity index (χ2n) is 7.48. The Labute approximate surface area is 168 Å². The lowest BCUT2D eigenvalue weighted by Gasteiger charge is -2.32. The van der Waals surface area contributed by atoms with Crippen molar-refractivity contribution in [2.45, 2.75) is 25.9 Å². The molecule has 0 bridgehead atoms. The van der Waals surface area contributed by atoms with Crippen molar-refractivity contribution in [3.8, 4) is 11.3 Å². The number of pyridine rings is 1. The smallest absolute Gasteiger partial charge is 0.253 e. The van der Waals surface area contributed by atoms with Crippen molar-refractivity contribution in [2.75, 3.05) is 13.1 Å². The summed E-state index contributed by atoms with van der Waals surface area (Å²) in [5.74, 6) is 1.21. The number of hydrogen-bond acceptors (Lipinski definition) is 6. The normalized spacial score (nSPS) is 15.5. The van der Waals surface area contributed by atoms with E-state index in [0.29, 0.717) is 24.7 Å². The fraction of sp³-hybridized carbons (Fsp3) is 0.381. The third-order valence-electron chi connectivity index (χ3n) is 5.52. The molecule has 0 atom stereocenters. The van der Waals surface area contributed by atoms with Gasteiger partial charge in [0.15, 0.2) is 0 Å². The van der Waals surface area contributed by atoms with E-state index in [9.17, 15) is 9.59 Å². The molecule has 150 valence electrons. The zero-order chi connectivity index (χ0) is 20.2. The van der Waals surface area contributed by atoms with E-state index in [0.717, 1.165) is 37.3 Å². The largest absolute Gasteiger partial charge is 0.299 e. The van der Waals surface area contributed by atoms with Crippen LogP contribution in [-0.4, -0.2) is 42.1 Å². The van der Waals surface area contributed by atoms with Crippen LogP contribution in [0.4, 0.5) is 0 Å². The molecule has 0 radical (unpaired) electrons. The van der Waals surface area contributed by atoms with Crippen LogP contribution < -0.4 is 11.1 Å². The number of nitrogens with zero attached hydrogens (tertiary/aromatic N) is 6. The summed E-state index contributed by atoms with van der Waals surface area (Å²) in [6.07, 6.45) is 8.61. The predicted octanol–water partition coefficient (Wildman–Crippen LogP) is 1.31. The molecular formula is C21H24N6O2. The van der Waals surface area contributed by atoms with E-state index < -0.39 is 0 Å². The van der Waals surface area contributed by atoms with Gasteiger partial charge in [-0.05, 0) is 44.0 Å². The Morgan fingerprint density at radius 3 is 2.62 bits per heavy atom. The Balaban J connectivity index is 1.35. The Kier molecular flexibility index (Phi) is 5.62. The van der Waals surface area contributed by atoms with Crippen LogP contribution in [-0.2, 0) is 20.1 Å². The lowest BCUT2D eigenvalue weighted by atomic mass is 9.96. The molecule has 8 nitrogen and oxygen atoms in total. The van der Waals surface area contributed by atoms with Crippen LogP contribution in [0.3, 0.4) is 0 Å². The van der Waals surface area contributed by atoms with Gasteiger partial charge < -0.3 is 0 Å². The number of aromatic nitrogens is 5. The molecule has 0 aliphatic carbocycles. The third-order valence-corrected chi connectivity index (χ3v) is 5.52. The summed E-state index contributed by atoms with van der Waals surface area (Å²) in [5.41, 5.74) is 1.42. The van der Waals surface area contributed by atoms with Gasteiger partial charge in [-0.3, -0.25) is 28.6 Å². The number of piperidine rings is 1. The predicted molar refractivity (Wildman–Crippen MR) is 109 cm³/mol. The van der Waals surface area contributed by atoms with Gasteiger partial charge in [0, 0.05) is 49.9 Å². The van der Waals surface area contributed by atoms with Crippen molar-refractivity contribution >= 4 is 0 Å². The van der Waals surface area contributed by atoms with Gasteiger partial charge in [-0.1, -0.05) is 0 Å². The fourth-order valence-corrected chi connectivity index (χ4v) is 3.70. The monoisotopic (exact) mass is 392 g/mol. The maximum Gasteiger partial charge on any atom is 0.253 e. The Hall–Kier alpha value is -3.13. The van der Waals surface area contributed by atoms with Gasteiger partial charge in [-0.15, -0.1) is 0 Å². The van der Waals surface area contributed by atoms with Gasteiger partial charge in [0.25, 0.3) is 11.1 Å². The molecule has 1 saturated heterocycles. The minimum atomic E-state index is -0.0373. The molecule has 29 heavy (non-hydrogen) atoms. The summed E-state index contributed by atoms with van der Waals surface area (Å²) in [6.45, 7) is 3.19. The first-order chi connectivity index (χ1) is 14.1. The summed E-state index contributed by atoms with van der Waals surface area (Å²) in [7, 11) is 1.76. The van der Waals surface area contributed by atoms with Crippen LogP contribution >= 0.6 is 0 Å². The SMILES string of the molecule is Cn1c(CN2CCC(Cn3cnc(-c4cccnc4)cc3=O)CC2)nccc1=O. The van der Waals surface area contributed by atoms with Gasteiger partial charge >= 0.3 is 0 Å². The molecule has 1 aliphatic rings. The molecule has 0 saturated carbocycles. The average Bonchev–Trinajstić information content (AvgIpc) is 2.75. The second kappa shape index (κ2) is 8.48. The highest BCUT2D eigenvalue weighted by Gasteiger charge is 2.21. The minimum absolute atomic E-state index is 0.0357. The molecule has 4 rings (SSSR count). The van der Waals surface area contributed by atoms with Crippen molar-refractivity contribution in [1.29, 1.82) is 0 Å². The van der Waals surface area contributed by atoms with E-state index in [4.69, 9.17) is 0 Å². The molecule has 8 heteroatoms. The van der Waals surface area contributed by atoms with E-state index in [2.05, 4.69) is 19.9 Å². The van der Waals surface area contributed by atoms with E-state index in [1.807, 2.05) is 12.1 Å². The molecule has 0 amide bonds. The highest BCUT2D eigenvalue weighted by molar-refractivity contribution is 5.56. The summed E-state index contributed by atoms with van der Waals surface area (Å²) >= 11 is 0. The fourth-order valence-electron chi connectivity index (χ4n) is 3.70. The lowest BCUT2D eigenvalue weighted by molar-refractivity contribution is 0.161. The Morgan fingerprint density at radius 1 is 1.07 bits per heavy atom. The van der Waals surface area contributed by atoms with Gasteiger partial charge in [-0.25, -0.2) is 9.97 Å². The first-order valence-corrected chi connectivity index (χ1v) is 9.80. The van der Waals surface area contributed by atoms with Crippen molar-refractivity contribution < 1.29 is 0 Å². The van der Waals surface area contributed by atoms with Crippen LogP contribution in [0.25, 0.3) is 11.3 Å². The molecular weight excluding hydrogens is 368 g/mol. The van der Waals surface area contributed by atoms with E-state index in [-0.39, 0.29) is 11.1 Å². The second-order valence-corrected chi connectivity index (χ2v) is 7.48. The van der Waals surface area contributed by atoms with Crippen molar-refractivity contribution in [1.82, 2.24) is 29.0 Å². The molecule has 0 spiro atoms. The van der Waals surface area contributed by atoms with Crippen LogP contribution in [0.1, 0.15) is 18.7 Å². The zero-order valence-electron chi connectivity index (χ0n) is 16.4. The zero-order valence-corrected chi connectivity index (χ0v) is 16.4. The molecule has 0 N–H and O–H groups in total. The van der Waals surface area contributed by atoms with E-state index >= 15 is 0 Å². The highest BCUT2D eigenvalue weighted by Crippen LogP contribution is 2.20. The molecule has 0 aromatic carbocycles. The average molecular weight is 392 g/mol. The summed E-state index contributed by atoms with van der Waals surface area (Å²) in [6, 6.07) is 6.78. The van der Waals surface area contributed by atoms with Crippen LogP contribution in [0.5, 0.6) is 0 Å². The molecule has 0 unspecified atom stereocenters. The van der Waals surface area contributed by atoms with Crippen molar-refractivity contribution in [2.24, 2.45) is 13.0 Å². The Bertz CT molecular complexity index is 1080. The van der Waals surface area contributed by atoms with Gasteiger partial charge in [0.2, 0.25) is 0 Å². The molecule has 4 heterocycles. The number of likely N-dealkylation sites (tertiary alicyclic amines) is 1. The number of rotatable bonds is 5.